The number of anilines is 2. The van der Waals surface area contributed by atoms with E-state index in [0.717, 1.165) is 0 Å². The Balaban J connectivity index is 2.11. The Bertz CT molecular complexity index is 872. The number of nitrogens with zero attached hydrogens (tertiary/aromatic N) is 2. The number of hydrogen-bond acceptors (Lipinski definition) is 6. The predicted molar refractivity (Wildman–Crippen MR) is 105 cm³/mol. The summed E-state index contributed by atoms with van der Waals surface area (Å²) in [4.78, 5) is 26.9. The van der Waals surface area contributed by atoms with Gasteiger partial charge >= 0.3 is 0 Å². The number of rotatable bonds is 7. The third-order valence-electron chi connectivity index (χ3n) is 3.75. The number of nitrogen functional groups attached to an aromatic ring is 1. The Morgan fingerprint density at radius 1 is 1.33 bits per heavy atom. The lowest BCUT2D eigenvalue weighted by Crippen LogP contribution is -2.19. The van der Waals surface area contributed by atoms with E-state index in [4.69, 9.17) is 5.73 Å². The Hall–Kier alpha value is -3.26. The molecule has 0 bridgehead atoms. The maximum Gasteiger partial charge on any atom is 0.270 e. The van der Waals surface area contributed by atoms with Crippen LogP contribution >= 0.6 is 0 Å². The third kappa shape index (κ3) is 6.19. The van der Waals surface area contributed by atoms with Crippen LogP contribution in [0.3, 0.4) is 0 Å². The van der Waals surface area contributed by atoms with E-state index < -0.39 is 16.4 Å². The normalized spacial score (nSPS) is 11.5. The van der Waals surface area contributed by atoms with Crippen LogP contribution < -0.4 is 11.1 Å². The van der Waals surface area contributed by atoms with Gasteiger partial charge in [-0.15, -0.1) is 0 Å². The van der Waals surface area contributed by atoms with E-state index in [9.17, 15) is 20.0 Å². The quantitative estimate of drug-likeness (QED) is 0.298. The first kappa shape index (κ1) is 20.1. The molecule has 0 radical (unpaired) electrons. The summed E-state index contributed by atoms with van der Waals surface area (Å²) in [6.07, 6.45) is 2.09. The van der Waals surface area contributed by atoms with Crippen molar-refractivity contribution in [2.24, 2.45) is 4.99 Å². The lowest BCUT2D eigenvalue weighted by Gasteiger charge is -2.14. The van der Waals surface area contributed by atoms with Gasteiger partial charge in [0, 0.05) is 47.4 Å². The van der Waals surface area contributed by atoms with Crippen molar-refractivity contribution in [2.45, 2.75) is 25.9 Å². The molecule has 142 valence electrons. The highest BCUT2D eigenvalue weighted by atomic mass is 16.6. The van der Waals surface area contributed by atoms with Crippen molar-refractivity contribution in [3.05, 3.63) is 63.7 Å². The zero-order valence-corrected chi connectivity index (χ0v) is 15.2. The van der Waals surface area contributed by atoms with Crippen molar-refractivity contribution in [1.29, 1.82) is 0 Å². The number of carbonyl (C=O) groups is 1. The van der Waals surface area contributed by atoms with E-state index in [2.05, 4.69) is 10.3 Å². The molecule has 2 aromatic carbocycles. The predicted octanol–water partition coefficient (Wildman–Crippen LogP) is 3.01. The number of hydrogen-bond donors (Lipinski definition) is 3. The molecule has 0 fully saturated rings. The highest BCUT2D eigenvalue weighted by Gasteiger charge is 2.13. The van der Waals surface area contributed by atoms with E-state index in [1.165, 1.54) is 24.3 Å². The van der Waals surface area contributed by atoms with Crippen molar-refractivity contribution < 1.29 is 14.8 Å². The Labute approximate surface area is 156 Å². The lowest BCUT2D eigenvalue weighted by molar-refractivity contribution is -0.384. The fraction of sp³-hybridized carbons (Fsp3) is 0.263. The highest BCUT2D eigenvalue weighted by molar-refractivity contribution is 6.05. The van der Waals surface area contributed by atoms with Crippen LogP contribution in [0.1, 0.15) is 36.2 Å². The van der Waals surface area contributed by atoms with Crippen LogP contribution in [-0.4, -0.2) is 34.3 Å². The van der Waals surface area contributed by atoms with Crippen LogP contribution in [0.15, 0.2) is 47.5 Å². The third-order valence-corrected chi connectivity index (χ3v) is 3.75. The SMILES string of the molecule is CC(C)(O)CCN=Cc1cc(NC(=O)c2cccc([N+](=O)[O-])c2)ccc1N. The molecule has 27 heavy (non-hydrogen) atoms. The van der Waals surface area contributed by atoms with Gasteiger partial charge in [0.1, 0.15) is 0 Å². The first-order valence-electron chi connectivity index (χ1n) is 8.33. The van der Waals surface area contributed by atoms with E-state index in [1.54, 1.807) is 38.3 Å². The molecule has 2 rings (SSSR count). The van der Waals surface area contributed by atoms with Gasteiger partial charge < -0.3 is 16.2 Å². The number of non-ortho nitro benzene ring substituents is 1. The molecule has 0 aliphatic carbocycles. The van der Waals surface area contributed by atoms with Gasteiger partial charge in [-0.25, -0.2) is 0 Å². The van der Waals surface area contributed by atoms with Crippen LogP contribution in [0.4, 0.5) is 17.1 Å². The average molecular weight is 370 g/mol. The molecular weight excluding hydrogens is 348 g/mol. The van der Waals surface area contributed by atoms with E-state index in [1.807, 2.05) is 0 Å². The van der Waals surface area contributed by atoms with Gasteiger partial charge in [0.25, 0.3) is 11.6 Å². The number of nitro groups is 1. The minimum absolute atomic E-state index is 0.153. The summed E-state index contributed by atoms with van der Waals surface area (Å²) in [7, 11) is 0. The molecule has 0 spiro atoms. The summed E-state index contributed by atoms with van der Waals surface area (Å²) in [6, 6.07) is 10.4. The van der Waals surface area contributed by atoms with E-state index in [0.29, 0.717) is 29.9 Å². The number of aliphatic imine (C=N–C) groups is 1. The molecule has 8 heteroatoms. The molecule has 0 aromatic heterocycles. The van der Waals surface area contributed by atoms with Gasteiger partial charge in [-0.2, -0.15) is 0 Å². The average Bonchev–Trinajstić information content (AvgIpc) is 2.60. The number of aliphatic hydroxyl groups is 1. The van der Waals surface area contributed by atoms with Crippen molar-refractivity contribution in [2.75, 3.05) is 17.6 Å². The van der Waals surface area contributed by atoms with E-state index >= 15 is 0 Å². The van der Waals surface area contributed by atoms with Crippen molar-refractivity contribution in [3.8, 4) is 0 Å². The highest BCUT2D eigenvalue weighted by Crippen LogP contribution is 2.19. The molecule has 0 aliphatic heterocycles. The van der Waals surface area contributed by atoms with Gasteiger partial charge in [0.05, 0.1) is 10.5 Å². The molecule has 0 heterocycles. The van der Waals surface area contributed by atoms with Crippen LogP contribution in [0.5, 0.6) is 0 Å². The summed E-state index contributed by atoms with van der Waals surface area (Å²) < 4.78 is 0. The summed E-state index contributed by atoms with van der Waals surface area (Å²) in [6.45, 7) is 3.86. The number of benzene rings is 2. The van der Waals surface area contributed by atoms with Gasteiger partial charge in [0.15, 0.2) is 0 Å². The van der Waals surface area contributed by atoms with Crippen LogP contribution in [0.25, 0.3) is 0 Å². The molecule has 0 atom stereocenters. The lowest BCUT2D eigenvalue weighted by atomic mass is 10.1. The van der Waals surface area contributed by atoms with Crippen molar-refractivity contribution in [1.82, 2.24) is 0 Å². The fourth-order valence-corrected chi connectivity index (χ4v) is 2.23. The number of nitrogens with two attached hydrogens (primary N) is 1. The maximum atomic E-state index is 12.3. The number of amides is 1. The number of nitro benzene ring substituents is 1. The molecule has 8 nitrogen and oxygen atoms in total. The zero-order chi connectivity index (χ0) is 20.0. The molecular formula is C19H22N4O4. The molecule has 0 aliphatic rings. The fourth-order valence-electron chi connectivity index (χ4n) is 2.23. The van der Waals surface area contributed by atoms with Gasteiger partial charge in [0.2, 0.25) is 0 Å². The van der Waals surface area contributed by atoms with Gasteiger partial charge in [-0.05, 0) is 44.5 Å². The molecule has 1 amide bonds. The zero-order valence-electron chi connectivity index (χ0n) is 15.2. The molecule has 2 aromatic rings. The number of nitrogens with one attached hydrogen (secondary N) is 1. The van der Waals surface area contributed by atoms with Crippen LogP contribution in [0, 0.1) is 10.1 Å². The van der Waals surface area contributed by atoms with Crippen LogP contribution in [-0.2, 0) is 0 Å². The monoisotopic (exact) mass is 370 g/mol. The standard InChI is InChI=1S/C19H22N4O4/c1-19(2,25)8-9-21-12-14-10-15(6-7-17(14)20)22-18(24)13-4-3-5-16(11-13)23(26)27/h3-7,10-12,25H,8-9,20H2,1-2H3,(H,22,24). The Kier molecular flexibility index (Phi) is 6.25. The van der Waals surface area contributed by atoms with Crippen LogP contribution in [0.2, 0.25) is 0 Å². The topological polar surface area (TPSA) is 131 Å². The molecule has 0 unspecified atom stereocenters. The van der Waals surface area contributed by atoms with Crippen molar-refractivity contribution >= 4 is 29.2 Å². The van der Waals surface area contributed by atoms with Gasteiger partial charge in [-0.1, -0.05) is 6.07 Å². The second kappa shape index (κ2) is 8.41. The molecule has 0 saturated heterocycles. The first-order valence-corrected chi connectivity index (χ1v) is 8.33. The molecule has 0 saturated carbocycles. The minimum Gasteiger partial charge on any atom is -0.398 e. The molecule has 4 N–H and O–H groups in total. The second-order valence-electron chi connectivity index (χ2n) is 6.70. The Morgan fingerprint density at radius 3 is 2.74 bits per heavy atom. The van der Waals surface area contributed by atoms with Crippen molar-refractivity contribution in [3.63, 3.8) is 0 Å². The summed E-state index contributed by atoms with van der Waals surface area (Å²) in [5, 5.41) is 23.2. The number of carbonyl (C=O) groups excluding carboxylic acids is 1. The smallest absolute Gasteiger partial charge is 0.270 e. The largest absolute Gasteiger partial charge is 0.398 e. The minimum atomic E-state index is -0.795. The summed E-state index contributed by atoms with van der Waals surface area (Å²) >= 11 is 0. The van der Waals surface area contributed by atoms with Gasteiger partial charge in [-0.3, -0.25) is 19.9 Å². The second-order valence-corrected chi connectivity index (χ2v) is 6.70. The Morgan fingerprint density at radius 2 is 2.07 bits per heavy atom. The summed E-state index contributed by atoms with van der Waals surface area (Å²) in [5.41, 5.74) is 6.77. The first-order chi connectivity index (χ1) is 12.7. The maximum absolute atomic E-state index is 12.3. The van der Waals surface area contributed by atoms with E-state index in [-0.39, 0.29) is 11.3 Å². The summed E-state index contributed by atoms with van der Waals surface area (Å²) in [5.74, 6) is -0.464.